The number of hydrogen-bond acceptors (Lipinski definition) is 4. The molecule has 0 saturated carbocycles. The first-order valence-corrected chi connectivity index (χ1v) is 8.75. The topological polar surface area (TPSA) is 86.3 Å². The van der Waals surface area contributed by atoms with Crippen molar-refractivity contribution in [1.29, 1.82) is 0 Å². The fourth-order valence-electron chi connectivity index (χ4n) is 3.74. The van der Waals surface area contributed by atoms with E-state index in [-0.39, 0.29) is 17.0 Å². The van der Waals surface area contributed by atoms with Crippen LogP contribution in [0.2, 0.25) is 0 Å². The van der Waals surface area contributed by atoms with E-state index in [9.17, 15) is 14.7 Å². The first-order valence-electron chi connectivity index (χ1n) is 8.75. The molecule has 1 aromatic carbocycles. The Morgan fingerprint density at radius 2 is 2.04 bits per heavy atom. The second kappa shape index (κ2) is 5.70. The number of hydrogen-bond donors (Lipinski definition) is 1. The summed E-state index contributed by atoms with van der Waals surface area (Å²) in [6, 6.07) is 7.01. The number of aromatic carboxylic acids is 1. The van der Waals surface area contributed by atoms with Crippen molar-refractivity contribution in [1.82, 2.24) is 14.3 Å². The standard InChI is InChI=1S/C20H21N3O4/c1-20(2,3)17-10-23-18(12-6-5-11(27-4)7-14(12)21-23)15-8-16(24)13(19(25)26)9-22(15)17/h5-9,17H,10H2,1-4H3,(H,25,26)/t17-/m1/s1. The number of carboxylic acid groups (broad SMARTS) is 1. The molecule has 3 heterocycles. The molecule has 140 valence electrons. The molecular weight excluding hydrogens is 346 g/mol. The predicted octanol–water partition coefficient (Wildman–Crippen LogP) is 3.17. The molecule has 1 atom stereocenters. The number of benzene rings is 1. The van der Waals surface area contributed by atoms with Gasteiger partial charge >= 0.3 is 5.97 Å². The van der Waals surface area contributed by atoms with E-state index in [0.717, 1.165) is 16.6 Å². The summed E-state index contributed by atoms with van der Waals surface area (Å²) in [4.78, 5) is 23.9. The van der Waals surface area contributed by atoms with Crippen molar-refractivity contribution >= 4 is 16.9 Å². The first-order chi connectivity index (χ1) is 12.7. The van der Waals surface area contributed by atoms with Gasteiger partial charge in [-0.15, -0.1) is 0 Å². The smallest absolute Gasteiger partial charge is 0.341 e. The third kappa shape index (κ3) is 2.61. The lowest BCUT2D eigenvalue weighted by molar-refractivity contribution is 0.0693. The summed E-state index contributed by atoms with van der Waals surface area (Å²) in [7, 11) is 1.61. The van der Waals surface area contributed by atoms with Crippen LogP contribution in [0, 0.1) is 5.41 Å². The van der Waals surface area contributed by atoms with Crippen LogP contribution < -0.4 is 10.2 Å². The average Bonchev–Trinajstić information content (AvgIpc) is 2.96. The Morgan fingerprint density at radius 3 is 2.67 bits per heavy atom. The Morgan fingerprint density at radius 1 is 1.30 bits per heavy atom. The van der Waals surface area contributed by atoms with E-state index < -0.39 is 11.4 Å². The lowest BCUT2D eigenvalue weighted by atomic mass is 9.85. The van der Waals surface area contributed by atoms with Crippen LogP contribution in [0.3, 0.4) is 0 Å². The molecule has 7 heteroatoms. The third-order valence-electron chi connectivity index (χ3n) is 5.18. The van der Waals surface area contributed by atoms with Crippen LogP contribution in [0.25, 0.3) is 22.3 Å². The van der Waals surface area contributed by atoms with Gasteiger partial charge in [0.25, 0.3) is 0 Å². The molecule has 2 aromatic heterocycles. The highest BCUT2D eigenvalue weighted by Gasteiger charge is 2.35. The number of fused-ring (bicyclic) bond motifs is 5. The van der Waals surface area contributed by atoms with Gasteiger partial charge in [0.1, 0.15) is 11.3 Å². The Labute approximate surface area is 155 Å². The third-order valence-corrected chi connectivity index (χ3v) is 5.18. The zero-order chi connectivity index (χ0) is 19.5. The van der Waals surface area contributed by atoms with Crippen molar-refractivity contribution in [3.8, 4) is 17.1 Å². The highest BCUT2D eigenvalue weighted by Crippen LogP contribution is 2.42. The van der Waals surface area contributed by atoms with Crippen LogP contribution in [-0.2, 0) is 6.54 Å². The molecule has 0 radical (unpaired) electrons. The molecule has 0 spiro atoms. The fourth-order valence-corrected chi connectivity index (χ4v) is 3.74. The molecule has 3 aromatic rings. The summed E-state index contributed by atoms with van der Waals surface area (Å²) in [5.74, 6) is -0.499. The lowest BCUT2D eigenvalue weighted by Gasteiger charge is -2.38. The SMILES string of the molecule is COc1ccc2c3n(nc2c1)C[C@H](C(C)(C)C)n1cc(C(=O)O)c(=O)cc1-3. The number of nitrogens with zero attached hydrogens (tertiary/aromatic N) is 3. The molecule has 1 aliphatic heterocycles. The van der Waals surface area contributed by atoms with Gasteiger partial charge in [-0.25, -0.2) is 4.79 Å². The maximum Gasteiger partial charge on any atom is 0.341 e. The number of methoxy groups -OCH3 is 1. The second-order valence-corrected chi connectivity index (χ2v) is 7.94. The molecule has 0 bridgehead atoms. The van der Waals surface area contributed by atoms with Crippen molar-refractivity contribution in [2.24, 2.45) is 5.41 Å². The van der Waals surface area contributed by atoms with Crippen LogP contribution in [-0.4, -0.2) is 32.5 Å². The highest BCUT2D eigenvalue weighted by molar-refractivity contribution is 5.94. The summed E-state index contributed by atoms with van der Waals surface area (Å²) < 4.78 is 9.12. The fraction of sp³-hybridized carbons (Fsp3) is 0.350. The molecular formula is C20H21N3O4. The van der Waals surface area contributed by atoms with Crippen LogP contribution in [0.1, 0.15) is 37.2 Å². The molecule has 7 nitrogen and oxygen atoms in total. The Balaban J connectivity index is 2.06. The van der Waals surface area contributed by atoms with E-state index in [0.29, 0.717) is 18.0 Å². The summed E-state index contributed by atoms with van der Waals surface area (Å²) in [5, 5.41) is 15.0. The Kier molecular flexibility index (Phi) is 3.66. The van der Waals surface area contributed by atoms with E-state index in [4.69, 9.17) is 9.84 Å². The molecule has 0 saturated heterocycles. The van der Waals surface area contributed by atoms with Gasteiger partial charge in [0, 0.05) is 23.7 Å². The minimum Gasteiger partial charge on any atom is -0.497 e. The van der Waals surface area contributed by atoms with Gasteiger partial charge in [0.05, 0.1) is 36.6 Å². The van der Waals surface area contributed by atoms with Gasteiger partial charge in [0.15, 0.2) is 5.43 Å². The number of ether oxygens (including phenoxy) is 1. The van der Waals surface area contributed by atoms with Crippen molar-refractivity contribution < 1.29 is 14.6 Å². The first kappa shape index (κ1) is 17.3. The molecule has 0 unspecified atom stereocenters. The van der Waals surface area contributed by atoms with Gasteiger partial charge < -0.3 is 14.4 Å². The molecule has 0 amide bonds. The van der Waals surface area contributed by atoms with E-state index in [1.807, 2.05) is 27.4 Å². The molecule has 0 aliphatic carbocycles. The Bertz CT molecular complexity index is 1130. The summed E-state index contributed by atoms with van der Waals surface area (Å²) in [6.07, 6.45) is 1.47. The molecule has 27 heavy (non-hydrogen) atoms. The minimum absolute atomic E-state index is 0.0464. The van der Waals surface area contributed by atoms with E-state index in [1.54, 1.807) is 7.11 Å². The molecule has 4 rings (SSSR count). The van der Waals surface area contributed by atoms with Gasteiger partial charge in [-0.3, -0.25) is 9.48 Å². The number of rotatable bonds is 2. The second-order valence-electron chi connectivity index (χ2n) is 7.94. The number of carbonyl (C=O) groups is 1. The zero-order valence-electron chi connectivity index (χ0n) is 15.7. The van der Waals surface area contributed by atoms with E-state index in [1.165, 1.54) is 12.3 Å². The molecule has 0 fully saturated rings. The summed E-state index contributed by atoms with van der Waals surface area (Å²) in [5.41, 5.74) is 1.41. The number of carboxylic acids is 1. The van der Waals surface area contributed by atoms with Crippen LogP contribution >= 0.6 is 0 Å². The number of aromatic nitrogens is 3. The van der Waals surface area contributed by atoms with Crippen LogP contribution in [0.5, 0.6) is 5.75 Å². The normalized spacial score (nSPS) is 16.1. The highest BCUT2D eigenvalue weighted by atomic mass is 16.5. The molecule has 1 N–H and O–H groups in total. The van der Waals surface area contributed by atoms with Gasteiger partial charge in [-0.1, -0.05) is 20.8 Å². The quantitative estimate of drug-likeness (QED) is 0.752. The average molecular weight is 367 g/mol. The van der Waals surface area contributed by atoms with Crippen molar-refractivity contribution in [3.05, 3.63) is 46.2 Å². The largest absolute Gasteiger partial charge is 0.497 e. The van der Waals surface area contributed by atoms with Crippen LogP contribution in [0.15, 0.2) is 35.3 Å². The number of pyridine rings is 1. The zero-order valence-corrected chi connectivity index (χ0v) is 15.7. The lowest BCUT2D eigenvalue weighted by Crippen LogP contribution is -2.35. The maximum absolute atomic E-state index is 12.4. The van der Waals surface area contributed by atoms with Crippen molar-refractivity contribution in [2.75, 3.05) is 7.11 Å². The summed E-state index contributed by atoms with van der Waals surface area (Å²) >= 11 is 0. The van der Waals surface area contributed by atoms with Crippen molar-refractivity contribution in [3.63, 3.8) is 0 Å². The van der Waals surface area contributed by atoms with Crippen molar-refractivity contribution in [2.45, 2.75) is 33.4 Å². The Hall–Kier alpha value is -3.09. The summed E-state index contributed by atoms with van der Waals surface area (Å²) in [6.45, 7) is 6.87. The maximum atomic E-state index is 12.4. The van der Waals surface area contributed by atoms with E-state index >= 15 is 0 Å². The predicted molar refractivity (Wildman–Crippen MR) is 101 cm³/mol. The van der Waals surface area contributed by atoms with Gasteiger partial charge in [0.2, 0.25) is 0 Å². The minimum atomic E-state index is -1.21. The monoisotopic (exact) mass is 367 g/mol. The van der Waals surface area contributed by atoms with Gasteiger partial charge in [-0.2, -0.15) is 5.10 Å². The molecule has 1 aliphatic rings. The van der Waals surface area contributed by atoms with Crippen LogP contribution in [0.4, 0.5) is 0 Å². The van der Waals surface area contributed by atoms with E-state index in [2.05, 4.69) is 20.8 Å². The van der Waals surface area contributed by atoms with Gasteiger partial charge in [-0.05, 0) is 17.5 Å².